The van der Waals surface area contributed by atoms with E-state index in [1.807, 2.05) is 0 Å². The van der Waals surface area contributed by atoms with Crippen LogP contribution >= 0.6 is 15.9 Å². The van der Waals surface area contributed by atoms with E-state index < -0.39 is 0 Å². The third kappa shape index (κ3) is 1.83. The van der Waals surface area contributed by atoms with Crippen molar-refractivity contribution < 1.29 is 4.79 Å². The minimum atomic E-state index is -0.196. The Morgan fingerprint density at radius 1 is 1.47 bits per heavy atom. The van der Waals surface area contributed by atoms with E-state index in [9.17, 15) is 9.59 Å². The number of fused-ring (bicyclic) bond motifs is 1. The molecule has 1 aromatic heterocycles. The number of benzene rings is 1. The van der Waals surface area contributed by atoms with Crippen LogP contribution in [0.3, 0.4) is 0 Å². The average molecular weight is 267 g/mol. The first kappa shape index (κ1) is 10.0. The number of carbonyl (C=O) groups is 1. The highest BCUT2D eigenvalue weighted by molar-refractivity contribution is 9.09. The Morgan fingerprint density at radius 2 is 2.27 bits per heavy atom. The molecule has 0 saturated carbocycles. The van der Waals surface area contributed by atoms with Gasteiger partial charge in [0.2, 0.25) is 0 Å². The zero-order valence-corrected chi connectivity index (χ0v) is 9.24. The van der Waals surface area contributed by atoms with E-state index in [0.29, 0.717) is 16.5 Å². The largest absolute Gasteiger partial charge is 0.313 e. The quantitative estimate of drug-likeness (QED) is 0.662. The van der Waals surface area contributed by atoms with E-state index in [1.165, 1.54) is 6.33 Å². The van der Waals surface area contributed by atoms with E-state index in [0.717, 1.165) is 0 Å². The van der Waals surface area contributed by atoms with E-state index in [1.54, 1.807) is 18.2 Å². The molecule has 0 spiro atoms. The predicted octanol–water partition coefficient (Wildman–Crippen LogP) is 1.50. The highest BCUT2D eigenvalue weighted by atomic mass is 79.9. The molecule has 76 valence electrons. The maximum atomic E-state index is 11.4. The lowest BCUT2D eigenvalue weighted by molar-refractivity contribution is 0.102. The molecule has 0 aliphatic carbocycles. The Bertz CT molecular complexity index is 577. The number of nitrogens with one attached hydrogen (secondary N) is 1. The summed E-state index contributed by atoms with van der Waals surface area (Å²) in [6.45, 7) is 0. The Morgan fingerprint density at radius 3 is 3.00 bits per heavy atom. The van der Waals surface area contributed by atoms with Crippen LogP contribution < -0.4 is 5.56 Å². The number of hydrogen-bond acceptors (Lipinski definition) is 3. The molecule has 0 fully saturated rings. The van der Waals surface area contributed by atoms with Gasteiger partial charge in [-0.25, -0.2) is 4.98 Å². The first-order valence-electron chi connectivity index (χ1n) is 4.29. The van der Waals surface area contributed by atoms with Crippen LogP contribution in [0.2, 0.25) is 0 Å². The highest BCUT2D eigenvalue weighted by Crippen LogP contribution is 2.10. The number of aromatic nitrogens is 2. The van der Waals surface area contributed by atoms with Gasteiger partial charge in [-0.15, -0.1) is 0 Å². The van der Waals surface area contributed by atoms with Gasteiger partial charge in [0.1, 0.15) is 0 Å². The molecule has 2 aromatic rings. The fourth-order valence-corrected chi connectivity index (χ4v) is 1.64. The molecule has 0 atom stereocenters. The van der Waals surface area contributed by atoms with Gasteiger partial charge >= 0.3 is 0 Å². The number of halogens is 1. The monoisotopic (exact) mass is 266 g/mol. The van der Waals surface area contributed by atoms with Gasteiger partial charge in [-0.05, 0) is 12.1 Å². The van der Waals surface area contributed by atoms with Crippen molar-refractivity contribution in [1.82, 2.24) is 9.97 Å². The number of H-pyrrole nitrogens is 1. The maximum absolute atomic E-state index is 11.4. The zero-order chi connectivity index (χ0) is 10.8. The Labute approximate surface area is 93.5 Å². The van der Waals surface area contributed by atoms with Gasteiger partial charge in [0, 0.05) is 5.56 Å². The van der Waals surface area contributed by atoms with Crippen LogP contribution in [-0.2, 0) is 0 Å². The number of carbonyl (C=O) groups excluding carboxylic acids is 1. The zero-order valence-electron chi connectivity index (χ0n) is 7.66. The normalized spacial score (nSPS) is 10.5. The molecule has 0 amide bonds. The second kappa shape index (κ2) is 3.94. The van der Waals surface area contributed by atoms with Gasteiger partial charge in [0.25, 0.3) is 5.56 Å². The minimum Gasteiger partial charge on any atom is -0.313 e. The molecule has 15 heavy (non-hydrogen) atoms. The van der Waals surface area contributed by atoms with E-state index >= 15 is 0 Å². The predicted molar refractivity (Wildman–Crippen MR) is 60.5 cm³/mol. The summed E-state index contributed by atoms with van der Waals surface area (Å²) in [5.74, 6) is -0.0287. The van der Waals surface area contributed by atoms with Crippen LogP contribution in [-0.4, -0.2) is 21.1 Å². The standard InChI is InChI=1S/C10H7BrN2O2/c11-4-9(14)6-1-2-7-8(3-6)12-5-13-10(7)15/h1-3,5H,4H2,(H,12,13,15). The topological polar surface area (TPSA) is 62.8 Å². The minimum absolute atomic E-state index is 0.0287. The summed E-state index contributed by atoms with van der Waals surface area (Å²) >= 11 is 3.09. The Kier molecular flexibility index (Phi) is 2.64. The van der Waals surface area contributed by atoms with Crippen molar-refractivity contribution in [2.24, 2.45) is 0 Å². The SMILES string of the molecule is O=C(CBr)c1ccc2c(=O)[nH]cnc2c1. The highest BCUT2D eigenvalue weighted by Gasteiger charge is 2.06. The van der Waals surface area contributed by atoms with Crippen LogP contribution in [0.1, 0.15) is 10.4 Å². The molecular weight excluding hydrogens is 260 g/mol. The number of hydrogen-bond donors (Lipinski definition) is 1. The molecule has 0 aliphatic rings. The summed E-state index contributed by atoms with van der Waals surface area (Å²) in [5.41, 5.74) is 0.890. The molecule has 5 heteroatoms. The number of nitrogens with zero attached hydrogens (tertiary/aromatic N) is 1. The number of Topliss-reactive ketones (excluding diaryl/α,β-unsaturated/α-hetero) is 1. The molecule has 0 aliphatic heterocycles. The molecule has 1 N–H and O–H groups in total. The van der Waals surface area contributed by atoms with Crippen LogP contribution in [0, 0.1) is 0 Å². The van der Waals surface area contributed by atoms with Crippen molar-refractivity contribution in [2.45, 2.75) is 0 Å². The van der Waals surface area contributed by atoms with Gasteiger partial charge in [-0.1, -0.05) is 22.0 Å². The fourth-order valence-electron chi connectivity index (χ4n) is 1.32. The van der Waals surface area contributed by atoms with Crippen molar-refractivity contribution >= 4 is 32.6 Å². The summed E-state index contributed by atoms with van der Waals surface area (Å²) in [6, 6.07) is 4.86. The number of aromatic amines is 1. The molecule has 0 unspecified atom stereocenters. The third-order valence-corrected chi connectivity index (χ3v) is 2.59. The molecule has 4 nitrogen and oxygen atoms in total. The summed E-state index contributed by atoms with van der Waals surface area (Å²) in [5, 5.41) is 0.755. The third-order valence-electron chi connectivity index (χ3n) is 2.08. The first-order chi connectivity index (χ1) is 7.22. The summed E-state index contributed by atoms with van der Waals surface area (Å²) in [4.78, 5) is 29.2. The Hall–Kier alpha value is -1.49. The molecule has 1 heterocycles. The van der Waals surface area contributed by atoms with Crippen LogP contribution in [0.4, 0.5) is 0 Å². The Balaban J connectivity index is 2.67. The van der Waals surface area contributed by atoms with Gasteiger partial charge in [0.05, 0.1) is 22.6 Å². The lowest BCUT2D eigenvalue weighted by Gasteiger charge is -1.99. The van der Waals surface area contributed by atoms with E-state index in [-0.39, 0.29) is 16.7 Å². The maximum Gasteiger partial charge on any atom is 0.258 e. The second-order valence-electron chi connectivity index (χ2n) is 3.02. The van der Waals surface area contributed by atoms with Crippen LogP contribution in [0.15, 0.2) is 29.3 Å². The number of ketones is 1. The van der Waals surface area contributed by atoms with Crippen molar-refractivity contribution in [3.05, 3.63) is 40.4 Å². The van der Waals surface area contributed by atoms with Gasteiger partial charge in [-0.3, -0.25) is 9.59 Å². The van der Waals surface area contributed by atoms with E-state index in [4.69, 9.17) is 0 Å². The molecule has 0 bridgehead atoms. The number of rotatable bonds is 2. The molecule has 1 aromatic carbocycles. The molecular formula is C10H7BrN2O2. The van der Waals surface area contributed by atoms with Crippen molar-refractivity contribution in [3.8, 4) is 0 Å². The number of alkyl halides is 1. The lowest BCUT2D eigenvalue weighted by atomic mass is 10.1. The summed E-state index contributed by atoms with van der Waals surface area (Å²) in [7, 11) is 0. The summed E-state index contributed by atoms with van der Waals surface area (Å²) in [6.07, 6.45) is 1.33. The van der Waals surface area contributed by atoms with Gasteiger partial charge < -0.3 is 4.98 Å². The lowest BCUT2D eigenvalue weighted by Crippen LogP contribution is -2.07. The van der Waals surface area contributed by atoms with Gasteiger partial charge in [-0.2, -0.15) is 0 Å². The molecule has 0 saturated heterocycles. The molecule has 0 radical (unpaired) electrons. The van der Waals surface area contributed by atoms with Crippen molar-refractivity contribution in [1.29, 1.82) is 0 Å². The smallest absolute Gasteiger partial charge is 0.258 e. The second-order valence-corrected chi connectivity index (χ2v) is 3.58. The van der Waals surface area contributed by atoms with Crippen LogP contribution in [0.5, 0.6) is 0 Å². The van der Waals surface area contributed by atoms with Crippen molar-refractivity contribution in [2.75, 3.05) is 5.33 Å². The van der Waals surface area contributed by atoms with Crippen molar-refractivity contribution in [3.63, 3.8) is 0 Å². The summed E-state index contributed by atoms with van der Waals surface area (Å²) < 4.78 is 0. The molecule has 2 rings (SSSR count). The average Bonchev–Trinajstić information content (AvgIpc) is 2.28. The van der Waals surface area contributed by atoms with E-state index in [2.05, 4.69) is 25.9 Å². The van der Waals surface area contributed by atoms with Crippen LogP contribution in [0.25, 0.3) is 10.9 Å². The fraction of sp³-hybridized carbons (Fsp3) is 0.100. The van der Waals surface area contributed by atoms with Gasteiger partial charge in [0.15, 0.2) is 5.78 Å². The first-order valence-corrected chi connectivity index (χ1v) is 5.41.